The molecule has 0 amide bonds. The second kappa shape index (κ2) is 14.0. The Morgan fingerprint density at radius 2 is 1.03 bits per heavy atom. The fourth-order valence-electron chi connectivity index (χ4n) is 7.49. The number of hydrogen-bond donors (Lipinski definition) is 1. The lowest BCUT2D eigenvalue weighted by Crippen LogP contribution is -2.15. The van der Waals surface area contributed by atoms with Gasteiger partial charge in [0.2, 0.25) is 0 Å². The van der Waals surface area contributed by atoms with E-state index in [0.717, 1.165) is 81.6 Å². The Morgan fingerprint density at radius 1 is 0.500 bits per heavy atom. The Balaban J connectivity index is 1.18. The molecule has 276 valence electrons. The minimum atomic E-state index is 0.167. The van der Waals surface area contributed by atoms with Crippen LogP contribution in [0.4, 0.5) is 34.1 Å². The highest BCUT2D eigenvalue weighted by atomic mass is 32.1. The highest BCUT2D eigenvalue weighted by Crippen LogP contribution is 2.52. The first-order valence-corrected chi connectivity index (χ1v) is 20.3. The van der Waals surface area contributed by atoms with Gasteiger partial charge in [-0.25, -0.2) is 19.9 Å². The van der Waals surface area contributed by atoms with E-state index in [0.29, 0.717) is 17.0 Å². The van der Waals surface area contributed by atoms with Gasteiger partial charge < -0.3 is 19.6 Å². The van der Waals surface area contributed by atoms with Crippen molar-refractivity contribution >= 4 is 77.5 Å². The van der Waals surface area contributed by atoms with Crippen molar-refractivity contribution in [2.75, 3.05) is 9.80 Å². The molecular formula is C48H30N6O2S2. The molecule has 1 aliphatic heterocycles. The van der Waals surface area contributed by atoms with Crippen LogP contribution in [0.2, 0.25) is 0 Å². The zero-order valence-electron chi connectivity index (χ0n) is 30.6. The molecule has 0 atom stereocenters. The third kappa shape index (κ3) is 5.99. The third-order valence-electron chi connectivity index (χ3n) is 10.1. The van der Waals surface area contributed by atoms with Crippen LogP contribution >= 0.6 is 22.7 Å². The van der Waals surface area contributed by atoms with Gasteiger partial charge in [0.25, 0.3) is 0 Å². The van der Waals surface area contributed by atoms with Crippen LogP contribution < -0.4 is 14.5 Å². The van der Waals surface area contributed by atoms with E-state index in [2.05, 4.69) is 74.4 Å². The van der Waals surface area contributed by atoms with Crippen LogP contribution in [0.3, 0.4) is 0 Å². The van der Waals surface area contributed by atoms with Crippen LogP contribution in [0.5, 0.6) is 17.2 Å². The number of phenolic OH excluding ortho intramolecular Hbond substituents is 1. The molecule has 1 N–H and O–H groups in total. The van der Waals surface area contributed by atoms with E-state index in [-0.39, 0.29) is 5.75 Å². The topological polar surface area (TPSA) is 87.5 Å². The highest BCUT2D eigenvalue weighted by Gasteiger charge is 2.27. The molecule has 10 heteroatoms. The van der Waals surface area contributed by atoms with E-state index in [1.807, 2.05) is 103 Å². The number of pyridine rings is 2. The molecule has 58 heavy (non-hydrogen) atoms. The number of nitrogens with zero attached hydrogens (tertiary/aromatic N) is 6. The molecule has 0 saturated heterocycles. The zero-order valence-corrected chi connectivity index (χ0v) is 32.2. The summed E-state index contributed by atoms with van der Waals surface area (Å²) in [6, 6.07) is 54.9. The Labute approximate surface area is 341 Å². The number of rotatable bonds is 7. The van der Waals surface area contributed by atoms with Crippen LogP contribution in [0, 0.1) is 0 Å². The van der Waals surface area contributed by atoms with Gasteiger partial charge in [-0.3, -0.25) is 0 Å². The molecule has 4 aromatic heterocycles. The van der Waals surface area contributed by atoms with E-state index in [1.54, 1.807) is 41.1 Å². The smallest absolute Gasteiger partial charge is 0.170 e. The molecule has 8 nitrogen and oxygen atoms in total. The number of benzene rings is 6. The molecular weight excluding hydrogens is 757 g/mol. The quantitative estimate of drug-likeness (QED) is 0.171. The lowest BCUT2D eigenvalue weighted by molar-refractivity contribution is 0.476. The molecule has 0 spiro atoms. The molecule has 0 radical (unpaired) electrons. The van der Waals surface area contributed by atoms with Gasteiger partial charge in [-0.15, -0.1) is 22.7 Å². The molecule has 1 aliphatic rings. The normalized spacial score (nSPS) is 12.0. The number of thiazole rings is 2. The van der Waals surface area contributed by atoms with Crippen molar-refractivity contribution in [1.82, 2.24) is 19.9 Å². The van der Waals surface area contributed by atoms with Crippen molar-refractivity contribution in [3.05, 3.63) is 176 Å². The fourth-order valence-corrected chi connectivity index (χ4v) is 9.31. The number of anilines is 6. The van der Waals surface area contributed by atoms with Crippen LogP contribution in [0.25, 0.3) is 53.0 Å². The summed E-state index contributed by atoms with van der Waals surface area (Å²) in [6.45, 7) is 0. The minimum absolute atomic E-state index is 0.167. The molecule has 11 rings (SSSR count). The van der Waals surface area contributed by atoms with E-state index in [1.165, 1.54) is 0 Å². The summed E-state index contributed by atoms with van der Waals surface area (Å²) in [4.78, 5) is 23.5. The molecule has 0 aliphatic carbocycles. The van der Waals surface area contributed by atoms with Crippen LogP contribution in [-0.2, 0) is 0 Å². The van der Waals surface area contributed by atoms with Gasteiger partial charge in [-0.1, -0.05) is 54.6 Å². The predicted octanol–water partition coefficient (Wildman–Crippen LogP) is 13.4. The molecule has 0 fully saturated rings. The van der Waals surface area contributed by atoms with Crippen LogP contribution in [0.1, 0.15) is 0 Å². The molecule has 6 aromatic carbocycles. The number of aromatic nitrogens is 4. The van der Waals surface area contributed by atoms with Gasteiger partial charge in [-0.05, 0) is 120 Å². The summed E-state index contributed by atoms with van der Waals surface area (Å²) in [5.74, 6) is 1.71. The van der Waals surface area contributed by atoms with E-state index < -0.39 is 0 Å². The number of phenols is 1. The Bertz CT molecular complexity index is 2920. The van der Waals surface area contributed by atoms with Gasteiger partial charge in [0.05, 0.1) is 26.5 Å². The van der Waals surface area contributed by atoms with Gasteiger partial charge in [0.1, 0.15) is 15.8 Å². The third-order valence-corrected chi connectivity index (χ3v) is 12.2. The molecule has 0 saturated carbocycles. The first kappa shape index (κ1) is 33.9. The number of fused-ring (bicyclic) bond motifs is 4. The number of ether oxygens (including phenoxy) is 1. The van der Waals surface area contributed by atoms with Gasteiger partial charge in [-0.2, -0.15) is 0 Å². The summed E-state index contributed by atoms with van der Waals surface area (Å²) in [6.07, 6.45) is 3.55. The first-order valence-electron chi connectivity index (χ1n) is 18.7. The molecule has 5 heterocycles. The molecule has 0 unspecified atom stereocenters. The average Bonchev–Trinajstić information content (AvgIpc) is 3.92. The van der Waals surface area contributed by atoms with Crippen molar-refractivity contribution in [2.24, 2.45) is 0 Å². The summed E-state index contributed by atoms with van der Waals surface area (Å²) in [5.41, 5.74) is 10.4. The monoisotopic (exact) mass is 786 g/mol. The largest absolute Gasteiger partial charge is 0.506 e. The highest BCUT2D eigenvalue weighted by molar-refractivity contribution is 7.22. The molecule has 10 aromatic rings. The number of para-hydroxylation sites is 7. The van der Waals surface area contributed by atoms with Crippen molar-refractivity contribution in [3.8, 4) is 49.5 Å². The van der Waals surface area contributed by atoms with E-state index in [4.69, 9.17) is 14.7 Å². The Kier molecular flexibility index (Phi) is 8.16. The number of aromatic hydroxyl groups is 1. The van der Waals surface area contributed by atoms with E-state index >= 15 is 0 Å². The standard InChI is InChI=1S/C48H30N6O2S2/c55-40-17-7-4-14-37(40)53(34-12-2-1-3-13-34)35-26-30(24-32(28-35)47-51-45-43(57-47)20-10-22-49-45)31-25-33(48-52-46-44(58-48)21-11-23-50-46)29-36(27-31)54-38-15-5-8-18-41(38)56-42-19-9-6-16-39(42)54/h1-29,55H. The zero-order chi connectivity index (χ0) is 38.6. The lowest BCUT2D eigenvalue weighted by Gasteiger charge is -2.33. The van der Waals surface area contributed by atoms with Gasteiger partial charge >= 0.3 is 0 Å². The number of hydrogen-bond acceptors (Lipinski definition) is 10. The summed E-state index contributed by atoms with van der Waals surface area (Å²) in [5, 5.41) is 13.0. The second-order valence-corrected chi connectivity index (χ2v) is 15.8. The maximum atomic E-state index is 11.3. The van der Waals surface area contributed by atoms with Crippen molar-refractivity contribution in [1.29, 1.82) is 0 Å². The Hall–Kier alpha value is -7.40. The summed E-state index contributed by atoms with van der Waals surface area (Å²) in [7, 11) is 0. The van der Waals surface area contributed by atoms with Crippen molar-refractivity contribution in [3.63, 3.8) is 0 Å². The average molecular weight is 787 g/mol. The van der Waals surface area contributed by atoms with Crippen molar-refractivity contribution in [2.45, 2.75) is 0 Å². The maximum Gasteiger partial charge on any atom is 0.170 e. The Morgan fingerprint density at radius 3 is 1.67 bits per heavy atom. The van der Waals surface area contributed by atoms with E-state index in [9.17, 15) is 5.11 Å². The summed E-state index contributed by atoms with van der Waals surface area (Å²) >= 11 is 3.22. The van der Waals surface area contributed by atoms with Gasteiger partial charge in [0.15, 0.2) is 22.8 Å². The first-order chi connectivity index (χ1) is 28.6. The SMILES string of the molecule is Oc1ccccc1N(c1ccccc1)c1cc(-c2cc(-c3nc4ncccc4s3)cc(N3c4ccccc4Oc4ccccc43)c2)cc(-c2nc3ncccc3s2)c1. The maximum absolute atomic E-state index is 11.3. The minimum Gasteiger partial charge on any atom is -0.506 e. The molecule has 0 bridgehead atoms. The summed E-state index contributed by atoms with van der Waals surface area (Å²) < 4.78 is 8.45. The van der Waals surface area contributed by atoms with Crippen LogP contribution in [-0.4, -0.2) is 25.0 Å². The van der Waals surface area contributed by atoms with Gasteiger partial charge in [0, 0.05) is 40.6 Å². The van der Waals surface area contributed by atoms with Crippen molar-refractivity contribution < 1.29 is 9.84 Å². The predicted molar refractivity (Wildman–Crippen MR) is 236 cm³/mol. The second-order valence-electron chi connectivity index (χ2n) is 13.8. The fraction of sp³-hybridized carbons (Fsp3) is 0. The van der Waals surface area contributed by atoms with Crippen LogP contribution in [0.15, 0.2) is 176 Å². The lowest BCUT2D eigenvalue weighted by atomic mass is 9.97.